The van der Waals surface area contributed by atoms with Crippen LogP contribution >= 0.6 is 11.3 Å². The Morgan fingerprint density at radius 3 is 2.48 bits per heavy atom. The van der Waals surface area contributed by atoms with Gasteiger partial charge in [0.05, 0.1) is 31.5 Å². The second-order valence-electron chi connectivity index (χ2n) is 4.73. The zero-order valence-corrected chi connectivity index (χ0v) is 13.9. The smallest absolute Gasteiger partial charge is 0.164 e. The van der Waals surface area contributed by atoms with Gasteiger partial charge < -0.3 is 19.5 Å². The van der Waals surface area contributed by atoms with Crippen molar-refractivity contribution < 1.29 is 14.2 Å². The van der Waals surface area contributed by atoms with E-state index in [0.29, 0.717) is 18.0 Å². The van der Waals surface area contributed by atoms with Gasteiger partial charge in [0.1, 0.15) is 17.9 Å². The largest absolute Gasteiger partial charge is 0.496 e. The number of rotatable bonds is 6. The summed E-state index contributed by atoms with van der Waals surface area (Å²) in [5.74, 6) is 2.83. The molecular weight excluding hydrogens is 314 g/mol. The number of ether oxygens (including phenoxy) is 3. The first-order valence-corrected chi connectivity index (χ1v) is 7.85. The van der Waals surface area contributed by atoms with E-state index in [1.807, 2.05) is 23.6 Å². The van der Waals surface area contributed by atoms with Crippen LogP contribution in [0.3, 0.4) is 0 Å². The highest BCUT2D eigenvalue weighted by molar-refractivity contribution is 7.17. The maximum Gasteiger partial charge on any atom is 0.164 e. The second kappa shape index (κ2) is 6.70. The molecule has 2 aromatic heterocycles. The van der Waals surface area contributed by atoms with Gasteiger partial charge in [-0.05, 0) is 17.5 Å². The summed E-state index contributed by atoms with van der Waals surface area (Å²) in [4.78, 5) is 8.56. The molecule has 0 unspecified atom stereocenters. The van der Waals surface area contributed by atoms with Crippen molar-refractivity contribution in [1.82, 2.24) is 9.97 Å². The summed E-state index contributed by atoms with van der Waals surface area (Å²) in [6, 6.07) is 5.69. The average Bonchev–Trinajstić information content (AvgIpc) is 3.08. The predicted molar refractivity (Wildman–Crippen MR) is 90.8 cm³/mol. The van der Waals surface area contributed by atoms with Crippen molar-refractivity contribution in [2.24, 2.45) is 0 Å². The molecule has 0 bridgehead atoms. The van der Waals surface area contributed by atoms with Crippen molar-refractivity contribution in [3.8, 4) is 17.2 Å². The molecule has 120 valence electrons. The zero-order chi connectivity index (χ0) is 16.2. The molecule has 3 rings (SSSR count). The number of aromatic nitrogens is 2. The molecule has 3 aromatic rings. The highest BCUT2D eigenvalue weighted by Crippen LogP contribution is 2.35. The van der Waals surface area contributed by atoms with Crippen LogP contribution in [-0.2, 0) is 6.54 Å². The van der Waals surface area contributed by atoms with Crippen molar-refractivity contribution in [3.63, 3.8) is 0 Å². The number of nitrogens with zero attached hydrogens (tertiary/aromatic N) is 2. The van der Waals surface area contributed by atoms with Gasteiger partial charge in [-0.15, -0.1) is 11.3 Å². The summed E-state index contributed by atoms with van der Waals surface area (Å²) in [6.45, 7) is 0.549. The third-order valence-corrected chi connectivity index (χ3v) is 4.39. The Morgan fingerprint density at radius 2 is 1.74 bits per heavy atom. The lowest BCUT2D eigenvalue weighted by atomic mass is 10.1. The molecule has 23 heavy (non-hydrogen) atoms. The zero-order valence-electron chi connectivity index (χ0n) is 13.1. The summed E-state index contributed by atoms with van der Waals surface area (Å²) >= 11 is 1.61. The second-order valence-corrected chi connectivity index (χ2v) is 5.65. The number of fused-ring (bicyclic) bond motifs is 1. The van der Waals surface area contributed by atoms with Crippen molar-refractivity contribution in [2.45, 2.75) is 6.54 Å². The fraction of sp³-hybridized carbons (Fsp3) is 0.250. The third-order valence-electron chi connectivity index (χ3n) is 3.48. The molecule has 7 heteroatoms. The summed E-state index contributed by atoms with van der Waals surface area (Å²) in [5, 5.41) is 5.34. The summed E-state index contributed by atoms with van der Waals surface area (Å²) < 4.78 is 17.1. The van der Waals surface area contributed by atoms with Crippen LogP contribution in [0.25, 0.3) is 10.2 Å². The topological polar surface area (TPSA) is 65.5 Å². The van der Waals surface area contributed by atoms with E-state index in [4.69, 9.17) is 14.2 Å². The van der Waals surface area contributed by atoms with Gasteiger partial charge in [-0.2, -0.15) is 0 Å². The van der Waals surface area contributed by atoms with Crippen LogP contribution in [0.15, 0.2) is 29.9 Å². The lowest BCUT2D eigenvalue weighted by Gasteiger charge is -2.15. The van der Waals surface area contributed by atoms with Gasteiger partial charge in [-0.1, -0.05) is 0 Å². The highest BCUT2D eigenvalue weighted by atomic mass is 32.1. The molecule has 0 atom stereocenters. The predicted octanol–water partition coefficient (Wildman–Crippen LogP) is 3.33. The van der Waals surface area contributed by atoms with Gasteiger partial charge in [0, 0.05) is 18.2 Å². The van der Waals surface area contributed by atoms with Crippen LogP contribution in [0.2, 0.25) is 0 Å². The Kier molecular flexibility index (Phi) is 4.47. The van der Waals surface area contributed by atoms with Crippen molar-refractivity contribution in [2.75, 3.05) is 26.6 Å². The molecule has 0 saturated carbocycles. The minimum Gasteiger partial charge on any atom is -0.496 e. The molecule has 0 aliphatic heterocycles. The molecule has 0 aliphatic rings. The van der Waals surface area contributed by atoms with E-state index in [2.05, 4.69) is 15.3 Å². The van der Waals surface area contributed by atoms with Crippen LogP contribution in [0, 0.1) is 0 Å². The van der Waals surface area contributed by atoms with Gasteiger partial charge in [-0.3, -0.25) is 0 Å². The Hall–Kier alpha value is -2.54. The molecular formula is C16H17N3O3S. The first-order chi connectivity index (χ1) is 11.3. The van der Waals surface area contributed by atoms with Gasteiger partial charge in [0.15, 0.2) is 11.5 Å². The summed E-state index contributed by atoms with van der Waals surface area (Å²) in [5.41, 5.74) is 1.89. The van der Waals surface area contributed by atoms with Crippen LogP contribution in [-0.4, -0.2) is 31.3 Å². The van der Waals surface area contributed by atoms with Crippen LogP contribution < -0.4 is 19.5 Å². The number of methoxy groups -OCH3 is 3. The van der Waals surface area contributed by atoms with Crippen molar-refractivity contribution in [3.05, 3.63) is 35.5 Å². The molecule has 0 saturated heterocycles. The van der Waals surface area contributed by atoms with Gasteiger partial charge in [0.2, 0.25) is 0 Å². The minimum atomic E-state index is 0.549. The Balaban J connectivity index is 1.89. The van der Waals surface area contributed by atoms with E-state index in [0.717, 1.165) is 27.3 Å². The molecule has 6 nitrogen and oxygen atoms in total. The number of hydrogen-bond donors (Lipinski definition) is 1. The van der Waals surface area contributed by atoms with E-state index in [1.54, 1.807) is 39.0 Å². The number of anilines is 1. The van der Waals surface area contributed by atoms with Crippen molar-refractivity contribution in [1.29, 1.82) is 0 Å². The number of hydrogen-bond acceptors (Lipinski definition) is 7. The van der Waals surface area contributed by atoms with E-state index in [-0.39, 0.29) is 0 Å². The third kappa shape index (κ3) is 3.00. The molecule has 0 radical (unpaired) electrons. The number of thiophene rings is 1. The molecule has 1 aromatic carbocycles. The number of benzene rings is 1. The van der Waals surface area contributed by atoms with Gasteiger partial charge in [0.25, 0.3) is 0 Å². The van der Waals surface area contributed by atoms with E-state index in [1.165, 1.54) is 0 Å². The SMILES string of the molecule is COc1cc(OC)c(OC)cc1CNc1ncnc2ccsc12. The van der Waals surface area contributed by atoms with E-state index >= 15 is 0 Å². The Labute approximate surface area is 138 Å². The molecule has 2 heterocycles. The van der Waals surface area contributed by atoms with E-state index in [9.17, 15) is 0 Å². The summed E-state index contributed by atoms with van der Waals surface area (Å²) in [7, 11) is 4.84. The highest BCUT2D eigenvalue weighted by Gasteiger charge is 2.12. The molecule has 0 spiro atoms. The molecule has 0 amide bonds. The molecule has 0 fully saturated rings. The maximum absolute atomic E-state index is 5.44. The fourth-order valence-electron chi connectivity index (χ4n) is 2.32. The van der Waals surface area contributed by atoms with Crippen LogP contribution in [0.1, 0.15) is 5.56 Å². The monoisotopic (exact) mass is 331 g/mol. The standard InChI is InChI=1S/C16H17N3O3S/c1-20-12-7-14(22-3)13(21-2)6-10(12)8-17-16-15-11(4-5-23-15)18-9-19-16/h4-7,9H,8H2,1-3H3,(H,17,18,19). The van der Waals surface area contributed by atoms with E-state index < -0.39 is 0 Å². The quantitative estimate of drug-likeness (QED) is 0.747. The van der Waals surface area contributed by atoms with Crippen LogP contribution in [0.5, 0.6) is 17.2 Å². The van der Waals surface area contributed by atoms with Gasteiger partial charge >= 0.3 is 0 Å². The maximum atomic E-state index is 5.44. The first kappa shape index (κ1) is 15.4. The molecule has 0 aliphatic carbocycles. The van der Waals surface area contributed by atoms with Gasteiger partial charge in [-0.25, -0.2) is 9.97 Å². The fourth-order valence-corrected chi connectivity index (χ4v) is 3.14. The lowest BCUT2D eigenvalue weighted by molar-refractivity contribution is 0.347. The first-order valence-electron chi connectivity index (χ1n) is 6.97. The lowest BCUT2D eigenvalue weighted by Crippen LogP contribution is -2.04. The van der Waals surface area contributed by atoms with Crippen molar-refractivity contribution >= 4 is 27.4 Å². The van der Waals surface area contributed by atoms with Crippen LogP contribution in [0.4, 0.5) is 5.82 Å². The Morgan fingerprint density at radius 1 is 1.00 bits per heavy atom. The molecule has 1 N–H and O–H groups in total. The average molecular weight is 331 g/mol. The Bertz CT molecular complexity index is 819. The minimum absolute atomic E-state index is 0.549. The number of nitrogens with one attached hydrogen (secondary N) is 1. The summed E-state index contributed by atoms with van der Waals surface area (Å²) in [6.07, 6.45) is 1.56. The normalized spacial score (nSPS) is 10.6.